The molecule has 0 saturated heterocycles. The molecule has 2 aromatic rings. The Labute approximate surface area is 136 Å². The molecular weight excluding hydrogens is 290 g/mol. The Balaban J connectivity index is 1.59. The van der Waals surface area contributed by atoms with Crippen LogP contribution in [0.5, 0.6) is 5.75 Å². The van der Waals surface area contributed by atoms with Gasteiger partial charge >= 0.3 is 0 Å². The van der Waals surface area contributed by atoms with E-state index in [0.717, 1.165) is 24.4 Å². The number of hydrogen-bond donors (Lipinski definition) is 2. The Hall–Kier alpha value is -2.37. The third kappa shape index (κ3) is 4.31. The molecule has 1 aliphatic rings. The van der Waals surface area contributed by atoms with Crippen LogP contribution in [0.1, 0.15) is 42.6 Å². The van der Waals surface area contributed by atoms with Crippen molar-refractivity contribution >= 4 is 11.9 Å². The van der Waals surface area contributed by atoms with E-state index in [-0.39, 0.29) is 12.0 Å². The first kappa shape index (κ1) is 15.5. The van der Waals surface area contributed by atoms with Crippen LogP contribution < -0.4 is 15.8 Å². The van der Waals surface area contributed by atoms with Gasteiger partial charge < -0.3 is 15.8 Å². The van der Waals surface area contributed by atoms with Gasteiger partial charge in [-0.15, -0.1) is 0 Å². The molecule has 1 fully saturated rings. The van der Waals surface area contributed by atoms with Crippen molar-refractivity contribution in [3.63, 3.8) is 0 Å². The number of nitrogens with one attached hydrogen (secondary N) is 1. The Morgan fingerprint density at radius 3 is 2.52 bits per heavy atom. The topological polar surface area (TPSA) is 86.0 Å². The first-order chi connectivity index (χ1) is 11.0. The maximum atomic E-state index is 5.86. The molecule has 122 valence electrons. The highest BCUT2D eigenvalue weighted by atomic mass is 16.5. The fourth-order valence-electron chi connectivity index (χ4n) is 2.50. The molecule has 23 heavy (non-hydrogen) atoms. The highest BCUT2D eigenvalue weighted by Crippen LogP contribution is 2.38. The first-order valence-corrected chi connectivity index (χ1v) is 7.98. The van der Waals surface area contributed by atoms with Gasteiger partial charge in [0.2, 0.25) is 11.9 Å². The number of benzene rings is 1. The predicted molar refractivity (Wildman–Crippen MR) is 90.7 cm³/mol. The summed E-state index contributed by atoms with van der Waals surface area (Å²) in [5, 5.41) is 3.24. The monoisotopic (exact) mass is 313 g/mol. The summed E-state index contributed by atoms with van der Waals surface area (Å²) in [6.07, 6.45) is 2.27. The van der Waals surface area contributed by atoms with Crippen LogP contribution in [0.3, 0.4) is 0 Å². The van der Waals surface area contributed by atoms with Crippen molar-refractivity contribution in [3.05, 3.63) is 35.2 Å². The largest absolute Gasteiger partial charge is 0.491 e. The van der Waals surface area contributed by atoms with E-state index >= 15 is 0 Å². The fraction of sp³-hybridized carbons (Fsp3) is 0.471. The quantitative estimate of drug-likeness (QED) is 0.853. The second-order valence-corrected chi connectivity index (χ2v) is 6.33. The molecule has 1 unspecified atom stereocenters. The third-order valence-corrected chi connectivity index (χ3v) is 3.68. The summed E-state index contributed by atoms with van der Waals surface area (Å²) in [6.45, 7) is 6.68. The number of nitrogens with two attached hydrogens (primary N) is 1. The summed E-state index contributed by atoms with van der Waals surface area (Å²) in [7, 11) is 0. The molecule has 1 atom stereocenters. The number of nitrogen functional groups attached to an aromatic ring is 1. The average Bonchev–Trinajstić information content (AvgIpc) is 3.28. The van der Waals surface area contributed by atoms with Gasteiger partial charge in [-0.1, -0.05) is 6.07 Å². The smallest absolute Gasteiger partial charge is 0.228 e. The first-order valence-electron chi connectivity index (χ1n) is 7.98. The molecule has 1 heterocycles. The van der Waals surface area contributed by atoms with Gasteiger partial charge in [-0.2, -0.15) is 15.0 Å². The number of hydrogen-bond acceptors (Lipinski definition) is 6. The van der Waals surface area contributed by atoms with E-state index in [2.05, 4.69) is 40.2 Å². The molecular formula is C17H23N5O. The van der Waals surface area contributed by atoms with Crippen LogP contribution in [0.2, 0.25) is 0 Å². The van der Waals surface area contributed by atoms with Gasteiger partial charge in [0, 0.05) is 5.92 Å². The van der Waals surface area contributed by atoms with Crippen molar-refractivity contribution in [2.45, 2.75) is 45.6 Å². The van der Waals surface area contributed by atoms with Crippen molar-refractivity contribution in [3.8, 4) is 5.75 Å². The maximum absolute atomic E-state index is 5.86. The number of aromatic nitrogens is 3. The van der Waals surface area contributed by atoms with Gasteiger partial charge in [0.1, 0.15) is 18.2 Å². The van der Waals surface area contributed by atoms with Gasteiger partial charge in [-0.3, -0.25) is 0 Å². The highest BCUT2D eigenvalue weighted by molar-refractivity contribution is 5.35. The van der Waals surface area contributed by atoms with E-state index in [9.17, 15) is 0 Å². The van der Waals surface area contributed by atoms with Crippen LogP contribution >= 0.6 is 0 Å². The molecule has 1 aliphatic carbocycles. The molecule has 6 nitrogen and oxygen atoms in total. The minimum Gasteiger partial charge on any atom is -0.491 e. The average molecular weight is 313 g/mol. The minimum atomic E-state index is 0.0599. The van der Waals surface area contributed by atoms with E-state index in [1.165, 1.54) is 11.1 Å². The molecule has 1 saturated carbocycles. The lowest BCUT2D eigenvalue weighted by atomic mass is 10.1. The second-order valence-electron chi connectivity index (χ2n) is 6.33. The van der Waals surface area contributed by atoms with E-state index in [1.54, 1.807) is 0 Å². The summed E-state index contributed by atoms with van der Waals surface area (Å²) in [5.74, 6) is 2.91. The predicted octanol–water partition coefficient (Wildman–Crippen LogP) is 2.83. The van der Waals surface area contributed by atoms with Crippen LogP contribution in [0.15, 0.2) is 18.2 Å². The zero-order valence-corrected chi connectivity index (χ0v) is 13.8. The number of ether oxygens (including phenoxy) is 1. The lowest BCUT2D eigenvalue weighted by molar-refractivity contribution is 0.303. The molecule has 1 aromatic heterocycles. The van der Waals surface area contributed by atoms with Crippen molar-refractivity contribution in [1.29, 1.82) is 0 Å². The van der Waals surface area contributed by atoms with E-state index in [1.807, 2.05) is 19.1 Å². The normalized spacial score (nSPS) is 15.3. The number of nitrogens with zero attached hydrogens (tertiary/aromatic N) is 3. The number of aryl methyl sites for hydroxylation is 2. The number of anilines is 2. The molecule has 0 radical (unpaired) electrons. The van der Waals surface area contributed by atoms with Crippen molar-refractivity contribution in [1.82, 2.24) is 15.0 Å². The van der Waals surface area contributed by atoms with E-state index in [0.29, 0.717) is 18.5 Å². The van der Waals surface area contributed by atoms with Gasteiger partial charge in [-0.25, -0.2) is 0 Å². The summed E-state index contributed by atoms with van der Waals surface area (Å²) in [5.41, 5.74) is 8.15. The van der Waals surface area contributed by atoms with E-state index < -0.39 is 0 Å². The zero-order valence-electron chi connectivity index (χ0n) is 13.8. The van der Waals surface area contributed by atoms with Gasteiger partial charge in [-0.05, 0) is 56.9 Å². The molecule has 0 aliphatic heterocycles. The highest BCUT2D eigenvalue weighted by Gasteiger charge is 2.27. The Kier molecular flexibility index (Phi) is 4.32. The van der Waals surface area contributed by atoms with Gasteiger partial charge in [0.15, 0.2) is 0 Å². The molecule has 6 heteroatoms. The van der Waals surface area contributed by atoms with E-state index in [4.69, 9.17) is 10.5 Å². The van der Waals surface area contributed by atoms with Crippen molar-refractivity contribution in [2.75, 3.05) is 17.7 Å². The lowest BCUT2D eigenvalue weighted by Gasteiger charge is -2.16. The maximum Gasteiger partial charge on any atom is 0.228 e. The van der Waals surface area contributed by atoms with Crippen molar-refractivity contribution in [2.24, 2.45) is 0 Å². The Morgan fingerprint density at radius 1 is 1.17 bits per heavy atom. The fourth-order valence-corrected chi connectivity index (χ4v) is 2.50. The van der Waals surface area contributed by atoms with Crippen molar-refractivity contribution < 1.29 is 4.74 Å². The summed E-state index contributed by atoms with van der Waals surface area (Å²) in [6, 6.07) is 6.25. The van der Waals surface area contributed by atoms with Gasteiger partial charge in [0.25, 0.3) is 0 Å². The second kappa shape index (κ2) is 6.40. The van der Waals surface area contributed by atoms with Gasteiger partial charge in [0.05, 0.1) is 6.04 Å². The SMILES string of the molecule is Cc1cc(C)cc(OCC(C)Nc2nc(N)nc(C3CC3)n2)c1. The van der Waals surface area contributed by atoms with Crippen LogP contribution in [-0.2, 0) is 0 Å². The lowest BCUT2D eigenvalue weighted by Crippen LogP contribution is -2.25. The van der Waals surface area contributed by atoms with Crippen LogP contribution in [-0.4, -0.2) is 27.6 Å². The third-order valence-electron chi connectivity index (χ3n) is 3.68. The van der Waals surface area contributed by atoms with Crippen LogP contribution in [0.4, 0.5) is 11.9 Å². The van der Waals surface area contributed by atoms with Crippen LogP contribution in [0, 0.1) is 13.8 Å². The number of rotatable bonds is 6. The van der Waals surface area contributed by atoms with Crippen LogP contribution in [0.25, 0.3) is 0 Å². The summed E-state index contributed by atoms with van der Waals surface area (Å²) < 4.78 is 5.86. The molecule has 0 amide bonds. The molecule has 0 spiro atoms. The standard InChI is InChI=1S/C17H23N5O/c1-10-6-11(2)8-14(7-10)23-9-12(3)19-17-21-15(13-4-5-13)20-16(18)22-17/h6-8,12-13H,4-5,9H2,1-3H3,(H3,18,19,20,21,22). The molecule has 0 bridgehead atoms. The minimum absolute atomic E-state index is 0.0599. The zero-order chi connectivity index (χ0) is 16.4. The molecule has 3 rings (SSSR count). The Morgan fingerprint density at radius 2 is 1.87 bits per heavy atom. The Bertz CT molecular complexity index is 679. The molecule has 3 N–H and O–H groups in total. The molecule has 1 aromatic carbocycles. The summed E-state index contributed by atoms with van der Waals surface area (Å²) in [4.78, 5) is 12.8. The summed E-state index contributed by atoms with van der Waals surface area (Å²) >= 11 is 0.